The van der Waals surface area contributed by atoms with Crippen LogP contribution in [-0.2, 0) is 0 Å². The fraction of sp³-hybridized carbons (Fsp3) is 0.200. The van der Waals surface area contributed by atoms with Gasteiger partial charge in [-0.1, -0.05) is 11.6 Å². The van der Waals surface area contributed by atoms with Gasteiger partial charge < -0.3 is 9.84 Å². The van der Waals surface area contributed by atoms with E-state index >= 15 is 0 Å². The molecule has 0 atom stereocenters. The zero-order chi connectivity index (χ0) is 10.8. The van der Waals surface area contributed by atoms with Crippen LogP contribution < -0.4 is 4.74 Å². The maximum Gasteiger partial charge on any atom is 0.213 e. The van der Waals surface area contributed by atoms with Gasteiger partial charge in [0.05, 0.1) is 12.8 Å². The number of hydrogen-bond donors (Lipinski definition) is 1. The number of nitrogens with zero attached hydrogens (tertiary/aromatic N) is 2. The Kier molecular flexibility index (Phi) is 2.60. The molecule has 2 aromatic rings. The van der Waals surface area contributed by atoms with E-state index in [1.807, 2.05) is 6.92 Å². The van der Waals surface area contributed by atoms with Gasteiger partial charge in [0.15, 0.2) is 5.15 Å². The standard InChI is InChI=1S/C10H9ClN2O2/c1-2-15-8-4-3-6-7(14)5-12-10(11)9(6)13-8/h3-5,14H,2H2,1H3. The van der Waals surface area contributed by atoms with E-state index in [4.69, 9.17) is 16.3 Å². The van der Waals surface area contributed by atoms with Gasteiger partial charge in [-0.3, -0.25) is 0 Å². The molecule has 2 aromatic heterocycles. The van der Waals surface area contributed by atoms with E-state index in [-0.39, 0.29) is 10.9 Å². The van der Waals surface area contributed by atoms with Gasteiger partial charge >= 0.3 is 0 Å². The number of fused-ring (bicyclic) bond motifs is 1. The SMILES string of the molecule is CCOc1ccc2c(O)cnc(Cl)c2n1. The van der Waals surface area contributed by atoms with Gasteiger partial charge in [0.25, 0.3) is 0 Å². The molecule has 0 aliphatic rings. The van der Waals surface area contributed by atoms with Gasteiger partial charge in [0, 0.05) is 11.5 Å². The molecule has 1 N–H and O–H groups in total. The van der Waals surface area contributed by atoms with Crippen molar-refractivity contribution in [3.63, 3.8) is 0 Å². The van der Waals surface area contributed by atoms with E-state index in [9.17, 15) is 5.11 Å². The molecule has 0 bridgehead atoms. The molecule has 0 amide bonds. The summed E-state index contributed by atoms with van der Waals surface area (Å²) in [5.74, 6) is 0.532. The molecule has 5 heteroatoms. The maximum absolute atomic E-state index is 9.51. The quantitative estimate of drug-likeness (QED) is 0.796. The van der Waals surface area contributed by atoms with Crippen LogP contribution >= 0.6 is 11.6 Å². The zero-order valence-electron chi connectivity index (χ0n) is 8.07. The summed E-state index contributed by atoms with van der Waals surface area (Å²) in [5, 5.41) is 10.3. The lowest BCUT2D eigenvalue weighted by atomic mass is 10.2. The van der Waals surface area contributed by atoms with Gasteiger partial charge in [0.1, 0.15) is 11.3 Å². The van der Waals surface area contributed by atoms with Crippen molar-refractivity contribution in [2.24, 2.45) is 0 Å². The highest BCUT2D eigenvalue weighted by Crippen LogP contribution is 2.28. The first-order valence-corrected chi connectivity index (χ1v) is 4.87. The number of hydrogen-bond acceptors (Lipinski definition) is 4. The third-order valence-electron chi connectivity index (χ3n) is 1.93. The van der Waals surface area contributed by atoms with Crippen molar-refractivity contribution in [3.05, 3.63) is 23.5 Å². The number of aromatic hydroxyl groups is 1. The smallest absolute Gasteiger partial charge is 0.213 e. The predicted molar refractivity (Wildman–Crippen MR) is 57.4 cm³/mol. The Balaban J connectivity index is 2.65. The number of halogens is 1. The molecule has 0 fully saturated rings. The lowest BCUT2D eigenvalue weighted by Gasteiger charge is -2.05. The molecule has 2 rings (SSSR count). The third-order valence-corrected chi connectivity index (χ3v) is 2.21. The largest absolute Gasteiger partial charge is 0.506 e. The molecule has 0 spiro atoms. The van der Waals surface area contributed by atoms with Gasteiger partial charge in [-0.2, -0.15) is 0 Å². The van der Waals surface area contributed by atoms with Gasteiger partial charge in [-0.05, 0) is 13.0 Å². The summed E-state index contributed by atoms with van der Waals surface area (Å²) in [6.07, 6.45) is 1.30. The van der Waals surface area contributed by atoms with Crippen molar-refractivity contribution >= 4 is 22.5 Å². The van der Waals surface area contributed by atoms with Crippen LogP contribution in [0.3, 0.4) is 0 Å². The van der Waals surface area contributed by atoms with Crippen molar-refractivity contribution < 1.29 is 9.84 Å². The summed E-state index contributed by atoms with van der Waals surface area (Å²) in [7, 11) is 0. The molecule has 0 unspecified atom stereocenters. The van der Waals surface area contributed by atoms with Crippen molar-refractivity contribution in [1.29, 1.82) is 0 Å². The van der Waals surface area contributed by atoms with E-state index in [1.165, 1.54) is 6.20 Å². The lowest BCUT2D eigenvalue weighted by molar-refractivity contribution is 0.328. The minimum absolute atomic E-state index is 0.0601. The average molecular weight is 225 g/mol. The minimum atomic E-state index is 0.0601. The van der Waals surface area contributed by atoms with E-state index in [2.05, 4.69) is 9.97 Å². The summed E-state index contributed by atoms with van der Waals surface area (Å²) in [4.78, 5) is 7.95. The Morgan fingerprint density at radius 2 is 2.27 bits per heavy atom. The number of pyridine rings is 2. The summed E-state index contributed by atoms with van der Waals surface area (Å²) in [6, 6.07) is 3.39. The molecule has 0 saturated carbocycles. The summed E-state index contributed by atoms with van der Waals surface area (Å²) in [6.45, 7) is 2.40. The van der Waals surface area contributed by atoms with Crippen LogP contribution in [-0.4, -0.2) is 21.7 Å². The highest BCUT2D eigenvalue weighted by atomic mass is 35.5. The van der Waals surface area contributed by atoms with Crippen LogP contribution in [0.25, 0.3) is 10.9 Å². The Labute approximate surface area is 91.5 Å². The first-order chi connectivity index (χ1) is 7.22. The highest BCUT2D eigenvalue weighted by Gasteiger charge is 2.07. The van der Waals surface area contributed by atoms with Crippen LogP contribution in [0.1, 0.15) is 6.92 Å². The minimum Gasteiger partial charge on any atom is -0.506 e. The average Bonchev–Trinajstić information content (AvgIpc) is 2.24. The number of rotatable bonds is 2. The van der Waals surface area contributed by atoms with Crippen LogP contribution in [0.2, 0.25) is 5.15 Å². The maximum atomic E-state index is 9.51. The molecule has 0 radical (unpaired) electrons. The Hall–Kier alpha value is -1.55. The van der Waals surface area contributed by atoms with E-state index in [0.29, 0.717) is 23.4 Å². The Bertz CT molecular complexity index is 502. The van der Waals surface area contributed by atoms with Crippen molar-refractivity contribution in [3.8, 4) is 11.6 Å². The summed E-state index contributed by atoms with van der Waals surface area (Å²) >= 11 is 5.86. The highest BCUT2D eigenvalue weighted by molar-refractivity contribution is 6.33. The van der Waals surface area contributed by atoms with E-state index in [0.717, 1.165) is 0 Å². The number of aromatic nitrogens is 2. The summed E-state index contributed by atoms with van der Waals surface area (Å²) in [5.41, 5.74) is 0.447. The molecule has 78 valence electrons. The van der Waals surface area contributed by atoms with E-state index in [1.54, 1.807) is 12.1 Å². The van der Waals surface area contributed by atoms with Crippen LogP contribution in [0.4, 0.5) is 0 Å². The fourth-order valence-corrected chi connectivity index (χ4v) is 1.47. The number of ether oxygens (including phenoxy) is 1. The molecule has 0 aliphatic heterocycles. The molecule has 0 saturated heterocycles. The molecular formula is C10H9ClN2O2. The second kappa shape index (κ2) is 3.90. The van der Waals surface area contributed by atoms with Crippen molar-refractivity contribution in [2.75, 3.05) is 6.61 Å². The van der Waals surface area contributed by atoms with Crippen molar-refractivity contribution in [2.45, 2.75) is 6.92 Å². The summed E-state index contributed by atoms with van der Waals surface area (Å²) < 4.78 is 5.23. The zero-order valence-corrected chi connectivity index (χ0v) is 8.82. The molecular weight excluding hydrogens is 216 g/mol. The van der Waals surface area contributed by atoms with Crippen LogP contribution in [0, 0.1) is 0 Å². The van der Waals surface area contributed by atoms with Crippen LogP contribution in [0.15, 0.2) is 18.3 Å². The second-order valence-electron chi connectivity index (χ2n) is 2.91. The normalized spacial score (nSPS) is 10.5. The monoisotopic (exact) mass is 224 g/mol. The van der Waals surface area contributed by atoms with Crippen molar-refractivity contribution in [1.82, 2.24) is 9.97 Å². The predicted octanol–water partition coefficient (Wildman–Crippen LogP) is 2.39. The van der Waals surface area contributed by atoms with E-state index < -0.39 is 0 Å². The molecule has 4 nitrogen and oxygen atoms in total. The first kappa shape index (κ1) is 9.98. The van der Waals surface area contributed by atoms with Gasteiger partial charge in [0.2, 0.25) is 5.88 Å². The van der Waals surface area contributed by atoms with Crippen LogP contribution in [0.5, 0.6) is 11.6 Å². The third kappa shape index (κ3) is 1.80. The Morgan fingerprint density at radius 1 is 1.47 bits per heavy atom. The topological polar surface area (TPSA) is 55.2 Å². The lowest BCUT2D eigenvalue weighted by Crippen LogP contribution is -1.95. The molecule has 0 aromatic carbocycles. The molecule has 0 aliphatic carbocycles. The molecule has 15 heavy (non-hydrogen) atoms. The second-order valence-corrected chi connectivity index (χ2v) is 3.27. The van der Waals surface area contributed by atoms with Gasteiger partial charge in [-0.25, -0.2) is 9.97 Å². The molecule has 2 heterocycles. The fourth-order valence-electron chi connectivity index (χ4n) is 1.28. The first-order valence-electron chi connectivity index (χ1n) is 4.49. The van der Waals surface area contributed by atoms with Gasteiger partial charge in [-0.15, -0.1) is 0 Å². The Morgan fingerprint density at radius 3 is 3.00 bits per heavy atom.